The molecule has 0 saturated carbocycles. The van der Waals surface area contributed by atoms with Gasteiger partial charge in [0.25, 0.3) is 0 Å². The summed E-state index contributed by atoms with van der Waals surface area (Å²) in [4.78, 5) is 15.7. The van der Waals surface area contributed by atoms with Crippen molar-refractivity contribution in [3.63, 3.8) is 0 Å². The van der Waals surface area contributed by atoms with Gasteiger partial charge in [0.15, 0.2) is 0 Å². The van der Waals surface area contributed by atoms with E-state index in [0.29, 0.717) is 32.8 Å². The molecule has 15 heavy (non-hydrogen) atoms. The summed E-state index contributed by atoms with van der Waals surface area (Å²) in [5.41, 5.74) is 13.3. The number of carbonyl (C=O) groups excluding carboxylic acids is 1. The Morgan fingerprint density at radius 3 is 3.20 bits per heavy atom. The first-order valence-electron chi connectivity index (χ1n) is 4.87. The average Bonchev–Trinajstić information content (AvgIpc) is 2.25. The third kappa shape index (κ3) is 3.75. The number of primary amides is 1. The number of hydrogen-bond donors (Lipinski definition) is 1. The summed E-state index contributed by atoms with van der Waals surface area (Å²) in [7, 11) is 0. The first-order valence-corrected chi connectivity index (χ1v) is 4.87. The number of rotatable bonds is 5. The van der Waals surface area contributed by atoms with Gasteiger partial charge in [-0.1, -0.05) is 5.11 Å². The molecule has 1 rings (SSSR count). The van der Waals surface area contributed by atoms with Crippen molar-refractivity contribution in [2.24, 2.45) is 10.8 Å². The molecule has 2 N–H and O–H groups in total. The predicted molar refractivity (Wildman–Crippen MR) is 54.0 cm³/mol. The zero-order valence-corrected chi connectivity index (χ0v) is 8.50. The van der Waals surface area contributed by atoms with Gasteiger partial charge in [-0.15, -0.1) is 0 Å². The molecule has 0 aromatic carbocycles. The summed E-state index contributed by atoms with van der Waals surface area (Å²) >= 11 is 0. The summed E-state index contributed by atoms with van der Waals surface area (Å²) in [6.07, 6.45) is 0.730. The molecule has 7 nitrogen and oxygen atoms in total. The van der Waals surface area contributed by atoms with Gasteiger partial charge in [-0.2, -0.15) is 0 Å². The van der Waals surface area contributed by atoms with E-state index in [0.717, 1.165) is 6.42 Å². The number of ether oxygens (including phenoxy) is 1. The van der Waals surface area contributed by atoms with Crippen LogP contribution in [0.4, 0.5) is 0 Å². The van der Waals surface area contributed by atoms with Gasteiger partial charge in [-0.05, 0) is 18.5 Å². The standard InChI is InChI=1S/C8H15N5O2/c9-8(14)7-6-15-5-4-13(7)3-1-2-11-12-10/h7H,1-6H2,(H2,9,14). The van der Waals surface area contributed by atoms with Gasteiger partial charge >= 0.3 is 0 Å². The molecule has 1 saturated heterocycles. The molecule has 0 radical (unpaired) electrons. The number of nitrogens with zero attached hydrogens (tertiary/aromatic N) is 4. The molecule has 0 aromatic heterocycles. The molecule has 1 amide bonds. The minimum atomic E-state index is -0.363. The molecule has 1 heterocycles. The SMILES string of the molecule is [N-]=[N+]=NCCCN1CCOCC1C(N)=O. The molecular formula is C8H15N5O2. The van der Waals surface area contributed by atoms with Crippen LogP contribution in [0, 0.1) is 0 Å². The van der Waals surface area contributed by atoms with Gasteiger partial charge in [0, 0.05) is 18.0 Å². The van der Waals surface area contributed by atoms with E-state index < -0.39 is 0 Å². The Kier molecular flexibility index (Phi) is 4.89. The van der Waals surface area contributed by atoms with E-state index in [1.54, 1.807) is 0 Å². The van der Waals surface area contributed by atoms with Crippen LogP contribution in [0.15, 0.2) is 5.11 Å². The van der Waals surface area contributed by atoms with Gasteiger partial charge in [-0.3, -0.25) is 9.69 Å². The van der Waals surface area contributed by atoms with E-state index >= 15 is 0 Å². The minimum Gasteiger partial charge on any atom is -0.378 e. The predicted octanol–water partition coefficient (Wildman–Crippen LogP) is -0.127. The third-order valence-electron chi connectivity index (χ3n) is 2.33. The topological polar surface area (TPSA) is 104 Å². The molecule has 1 aliphatic rings. The molecule has 0 spiro atoms. The monoisotopic (exact) mass is 213 g/mol. The Morgan fingerprint density at radius 2 is 2.53 bits per heavy atom. The van der Waals surface area contributed by atoms with Crippen molar-refractivity contribution in [3.05, 3.63) is 10.4 Å². The third-order valence-corrected chi connectivity index (χ3v) is 2.33. The lowest BCUT2D eigenvalue weighted by Crippen LogP contribution is -2.52. The zero-order valence-electron chi connectivity index (χ0n) is 8.50. The maximum atomic E-state index is 11.1. The maximum Gasteiger partial charge on any atom is 0.237 e. The molecule has 0 aromatic rings. The fourth-order valence-electron chi connectivity index (χ4n) is 1.56. The number of hydrogen-bond acceptors (Lipinski definition) is 4. The molecule has 1 atom stereocenters. The second kappa shape index (κ2) is 6.23. The van der Waals surface area contributed by atoms with E-state index in [2.05, 4.69) is 10.0 Å². The fraction of sp³-hybridized carbons (Fsp3) is 0.875. The smallest absolute Gasteiger partial charge is 0.237 e. The second-order valence-electron chi connectivity index (χ2n) is 3.34. The van der Waals surface area contributed by atoms with E-state index in [9.17, 15) is 4.79 Å². The van der Waals surface area contributed by atoms with Crippen molar-refractivity contribution >= 4 is 5.91 Å². The number of carbonyl (C=O) groups is 1. The van der Waals surface area contributed by atoms with Crippen LogP contribution in [0.5, 0.6) is 0 Å². The highest BCUT2D eigenvalue weighted by Gasteiger charge is 2.26. The first kappa shape index (κ1) is 11.8. The van der Waals surface area contributed by atoms with Gasteiger partial charge in [-0.25, -0.2) is 0 Å². The van der Waals surface area contributed by atoms with Crippen molar-refractivity contribution in [2.75, 3.05) is 32.8 Å². The van der Waals surface area contributed by atoms with Crippen molar-refractivity contribution in [1.29, 1.82) is 0 Å². The van der Waals surface area contributed by atoms with E-state index in [1.165, 1.54) is 0 Å². The van der Waals surface area contributed by atoms with E-state index in [4.69, 9.17) is 16.0 Å². The highest BCUT2D eigenvalue weighted by molar-refractivity contribution is 5.80. The lowest BCUT2D eigenvalue weighted by Gasteiger charge is -2.33. The lowest BCUT2D eigenvalue weighted by atomic mass is 10.2. The number of nitrogens with two attached hydrogens (primary N) is 1. The summed E-state index contributed by atoms with van der Waals surface area (Å²) in [6.45, 7) is 2.82. The summed E-state index contributed by atoms with van der Waals surface area (Å²) in [5.74, 6) is -0.363. The van der Waals surface area contributed by atoms with Gasteiger partial charge in [0.1, 0.15) is 6.04 Å². The van der Waals surface area contributed by atoms with Gasteiger partial charge in [0.2, 0.25) is 5.91 Å². The molecule has 1 aliphatic heterocycles. The summed E-state index contributed by atoms with van der Waals surface area (Å²) in [5, 5.41) is 3.43. The Labute approximate surface area is 87.8 Å². The average molecular weight is 213 g/mol. The number of morpholine rings is 1. The second-order valence-corrected chi connectivity index (χ2v) is 3.34. The minimum absolute atomic E-state index is 0.343. The number of azide groups is 1. The quantitative estimate of drug-likeness (QED) is 0.297. The molecule has 0 bridgehead atoms. The Morgan fingerprint density at radius 1 is 1.73 bits per heavy atom. The summed E-state index contributed by atoms with van der Waals surface area (Å²) < 4.78 is 5.18. The van der Waals surface area contributed by atoms with Crippen LogP contribution in [0.2, 0.25) is 0 Å². The first-order chi connectivity index (χ1) is 7.25. The largest absolute Gasteiger partial charge is 0.378 e. The van der Waals surface area contributed by atoms with Crippen LogP contribution in [0.25, 0.3) is 10.4 Å². The molecule has 7 heteroatoms. The molecule has 0 aliphatic carbocycles. The number of amides is 1. The lowest BCUT2D eigenvalue weighted by molar-refractivity contribution is -0.129. The van der Waals surface area contributed by atoms with Crippen LogP contribution < -0.4 is 5.73 Å². The van der Waals surface area contributed by atoms with Crippen LogP contribution in [-0.4, -0.2) is 49.7 Å². The van der Waals surface area contributed by atoms with Crippen molar-refractivity contribution in [1.82, 2.24) is 4.90 Å². The van der Waals surface area contributed by atoms with Crippen LogP contribution in [-0.2, 0) is 9.53 Å². The van der Waals surface area contributed by atoms with Crippen molar-refractivity contribution in [2.45, 2.75) is 12.5 Å². The Hall–Kier alpha value is -1.30. The molecule has 84 valence electrons. The molecule has 1 fully saturated rings. The van der Waals surface area contributed by atoms with Crippen LogP contribution in [0.3, 0.4) is 0 Å². The van der Waals surface area contributed by atoms with Gasteiger partial charge < -0.3 is 10.5 Å². The highest BCUT2D eigenvalue weighted by atomic mass is 16.5. The van der Waals surface area contributed by atoms with Crippen molar-refractivity contribution in [3.8, 4) is 0 Å². The maximum absolute atomic E-state index is 11.1. The molecular weight excluding hydrogens is 198 g/mol. The normalized spacial score (nSPS) is 22.0. The van der Waals surface area contributed by atoms with E-state index in [-0.39, 0.29) is 11.9 Å². The van der Waals surface area contributed by atoms with Crippen LogP contribution in [0.1, 0.15) is 6.42 Å². The molecule has 1 unspecified atom stereocenters. The van der Waals surface area contributed by atoms with Gasteiger partial charge in [0.05, 0.1) is 13.2 Å². The fourth-order valence-corrected chi connectivity index (χ4v) is 1.56. The Bertz CT molecular complexity index is 264. The summed E-state index contributed by atoms with van der Waals surface area (Å²) in [6, 6.07) is -0.343. The Balaban J connectivity index is 2.35. The van der Waals surface area contributed by atoms with E-state index in [1.807, 2.05) is 4.90 Å². The van der Waals surface area contributed by atoms with Crippen molar-refractivity contribution < 1.29 is 9.53 Å². The zero-order chi connectivity index (χ0) is 11.1. The highest BCUT2D eigenvalue weighted by Crippen LogP contribution is 2.07. The van der Waals surface area contributed by atoms with Crippen LogP contribution >= 0.6 is 0 Å².